The van der Waals surface area contributed by atoms with Crippen molar-refractivity contribution < 1.29 is 9.52 Å². The van der Waals surface area contributed by atoms with Crippen molar-refractivity contribution in [1.29, 1.82) is 0 Å². The quantitative estimate of drug-likeness (QED) is 0.883. The Hall–Kier alpha value is -0.540. The number of hydrogen-bond acceptors (Lipinski definition) is 2. The average molecular weight is 245 g/mol. The van der Waals surface area contributed by atoms with E-state index in [4.69, 9.17) is 4.42 Å². The number of furan rings is 1. The fraction of sp³-hybridized carbons (Fsp3) is 0.400. The van der Waals surface area contributed by atoms with Gasteiger partial charge in [0.15, 0.2) is 0 Å². The highest BCUT2D eigenvalue weighted by Crippen LogP contribution is 2.24. The number of aliphatic hydroxyl groups excluding tert-OH is 1. The minimum absolute atomic E-state index is 0.483. The summed E-state index contributed by atoms with van der Waals surface area (Å²) in [4.78, 5) is 0. The van der Waals surface area contributed by atoms with Gasteiger partial charge in [0.05, 0.1) is 0 Å². The maximum atomic E-state index is 9.62. The Kier molecular flexibility index (Phi) is 3.75. The van der Waals surface area contributed by atoms with Crippen LogP contribution < -0.4 is 0 Å². The van der Waals surface area contributed by atoms with Crippen molar-refractivity contribution in [1.82, 2.24) is 0 Å². The van der Waals surface area contributed by atoms with Gasteiger partial charge in [-0.25, -0.2) is 0 Å². The van der Waals surface area contributed by atoms with Gasteiger partial charge in [0.1, 0.15) is 17.6 Å². The molecule has 0 amide bonds. The van der Waals surface area contributed by atoms with E-state index in [1.54, 1.807) is 6.07 Å². The highest BCUT2D eigenvalue weighted by Gasteiger charge is 2.12. The molecule has 0 spiro atoms. The molecular formula is C10H13BrO2. The first-order chi connectivity index (χ1) is 6.13. The van der Waals surface area contributed by atoms with Crippen LogP contribution in [0.3, 0.4) is 0 Å². The molecule has 1 rings (SSSR count). The summed E-state index contributed by atoms with van der Waals surface area (Å²) in [5.41, 5.74) is 0. The molecule has 3 heteroatoms. The lowest BCUT2D eigenvalue weighted by atomic mass is 10.2. The Bertz CT molecular complexity index is 291. The summed E-state index contributed by atoms with van der Waals surface area (Å²) in [5, 5.41) is 9.62. The van der Waals surface area contributed by atoms with E-state index in [2.05, 4.69) is 22.5 Å². The van der Waals surface area contributed by atoms with Crippen LogP contribution >= 0.6 is 15.9 Å². The Labute approximate surface area is 86.4 Å². The molecule has 0 aromatic carbocycles. The zero-order chi connectivity index (χ0) is 9.84. The van der Waals surface area contributed by atoms with Gasteiger partial charge < -0.3 is 9.52 Å². The predicted molar refractivity (Wildman–Crippen MR) is 55.7 cm³/mol. The van der Waals surface area contributed by atoms with E-state index in [0.717, 1.165) is 16.7 Å². The molecule has 2 nitrogen and oxygen atoms in total. The molecule has 1 aromatic rings. The minimum atomic E-state index is -0.591. The molecule has 0 aliphatic rings. The fourth-order valence-electron chi connectivity index (χ4n) is 1.07. The van der Waals surface area contributed by atoms with E-state index in [0.29, 0.717) is 12.2 Å². The van der Waals surface area contributed by atoms with Crippen molar-refractivity contribution in [3.05, 3.63) is 34.7 Å². The van der Waals surface area contributed by atoms with E-state index < -0.39 is 6.10 Å². The molecule has 1 unspecified atom stereocenters. The molecular weight excluding hydrogens is 232 g/mol. The van der Waals surface area contributed by atoms with Crippen LogP contribution in [0.1, 0.15) is 31.0 Å². The Balaban J connectivity index is 2.65. The Morgan fingerprint density at radius 1 is 1.69 bits per heavy atom. The van der Waals surface area contributed by atoms with Crippen LogP contribution in [0.2, 0.25) is 0 Å². The smallest absolute Gasteiger partial charge is 0.133 e. The van der Waals surface area contributed by atoms with E-state index in [-0.39, 0.29) is 0 Å². The van der Waals surface area contributed by atoms with Gasteiger partial charge in [0, 0.05) is 12.8 Å². The minimum Gasteiger partial charge on any atom is -0.463 e. The van der Waals surface area contributed by atoms with E-state index in [9.17, 15) is 5.11 Å². The molecule has 0 fully saturated rings. The number of rotatable bonds is 4. The Morgan fingerprint density at radius 3 is 2.85 bits per heavy atom. The molecule has 1 heterocycles. The summed E-state index contributed by atoms with van der Waals surface area (Å²) in [6.45, 7) is 5.67. The lowest BCUT2D eigenvalue weighted by molar-refractivity contribution is 0.150. The van der Waals surface area contributed by atoms with Crippen molar-refractivity contribution >= 4 is 15.9 Å². The fourth-order valence-corrected chi connectivity index (χ4v) is 1.38. The van der Waals surface area contributed by atoms with E-state index in [1.807, 2.05) is 13.0 Å². The maximum absolute atomic E-state index is 9.62. The molecule has 0 aliphatic heterocycles. The summed E-state index contributed by atoms with van der Waals surface area (Å²) in [7, 11) is 0. The van der Waals surface area contributed by atoms with Gasteiger partial charge in [-0.3, -0.25) is 0 Å². The van der Waals surface area contributed by atoms with E-state index >= 15 is 0 Å². The third-order valence-electron chi connectivity index (χ3n) is 1.77. The highest BCUT2D eigenvalue weighted by molar-refractivity contribution is 9.11. The van der Waals surface area contributed by atoms with Crippen LogP contribution in [0.25, 0.3) is 0 Å². The summed E-state index contributed by atoms with van der Waals surface area (Å²) >= 11 is 3.20. The molecule has 13 heavy (non-hydrogen) atoms. The van der Waals surface area contributed by atoms with Crippen LogP contribution in [-0.2, 0) is 6.42 Å². The summed E-state index contributed by atoms with van der Waals surface area (Å²) < 4.78 is 6.16. The second kappa shape index (κ2) is 4.63. The maximum Gasteiger partial charge on any atom is 0.133 e. The lowest BCUT2D eigenvalue weighted by Gasteiger charge is -2.05. The van der Waals surface area contributed by atoms with Gasteiger partial charge in [0.2, 0.25) is 0 Å². The van der Waals surface area contributed by atoms with Gasteiger partial charge >= 0.3 is 0 Å². The first-order valence-electron chi connectivity index (χ1n) is 4.23. The molecule has 0 saturated heterocycles. The zero-order valence-electron chi connectivity index (χ0n) is 7.59. The van der Waals surface area contributed by atoms with Gasteiger partial charge in [-0.15, -0.1) is 0 Å². The zero-order valence-corrected chi connectivity index (χ0v) is 9.17. The second-order valence-electron chi connectivity index (χ2n) is 2.89. The molecule has 0 bridgehead atoms. The van der Waals surface area contributed by atoms with Crippen molar-refractivity contribution in [2.45, 2.75) is 25.9 Å². The summed E-state index contributed by atoms with van der Waals surface area (Å²) in [6, 6.07) is 3.69. The standard InChI is InChI=1S/C10H13BrO2/c1-3-8-4-5-10(13-8)9(12)6-7(2)11/h4-5,9,12H,2-3,6H2,1H3. The molecule has 0 radical (unpaired) electrons. The largest absolute Gasteiger partial charge is 0.463 e. The SMILES string of the molecule is C=C(Br)CC(O)c1ccc(CC)o1. The molecule has 72 valence electrons. The van der Waals surface area contributed by atoms with Gasteiger partial charge in [-0.2, -0.15) is 0 Å². The molecule has 0 saturated carbocycles. The molecule has 1 aromatic heterocycles. The first-order valence-corrected chi connectivity index (χ1v) is 5.02. The second-order valence-corrected chi connectivity index (χ2v) is 4.02. The number of aryl methyl sites for hydroxylation is 1. The predicted octanol–water partition coefficient (Wildman–Crippen LogP) is 3.17. The van der Waals surface area contributed by atoms with Crippen LogP contribution in [0.4, 0.5) is 0 Å². The molecule has 0 aliphatic carbocycles. The van der Waals surface area contributed by atoms with Crippen molar-refractivity contribution in [3.63, 3.8) is 0 Å². The summed E-state index contributed by atoms with van der Waals surface area (Å²) in [5.74, 6) is 1.51. The normalized spacial score (nSPS) is 12.8. The van der Waals surface area contributed by atoms with Crippen LogP contribution in [0, 0.1) is 0 Å². The van der Waals surface area contributed by atoms with Gasteiger partial charge in [-0.05, 0) is 16.6 Å². The molecule has 1 N–H and O–H groups in total. The van der Waals surface area contributed by atoms with Crippen LogP contribution in [-0.4, -0.2) is 5.11 Å². The Morgan fingerprint density at radius 2 is 2.38 bits per heavy atom. The lowest BCUT2D eigenvalue weighted by Crippen LogP contribution is -1.94. The van der Waals surface area contributed by atoms with Crippen molar-refractivity contribution in [2.24, 2.45) is 0 Å². The van der Waals surface area contributed by atoms with Gasteiger partial charge in [0.25, 0.3) is 0 Å². The summed E-state index contributed by atoms with van der Waals surface area (Å²) in [6.07, 6.45) is 0.741. The number of aliphatic hydroxyl groups is 1. The van der Waals surface area contributed by atoms with Gasteiger partial charge in [-0.1, -0.05) is 29.4 Å². The van der Waals surface area contributed by atoms with Crippen molar-refractivity contribution in [2.75, 3.05) is 0 Å². The topological polar surface area (TPSA) is 33.4 Å². The molecule has 1 atom stereocenters. The number of hydrogen-bond donors (Lipinski definition) is 1. The monoisotopic (exact) mass is 244 g/mol. The van der Waals surface area contributed by atoms with Crippen LogP contribution in [0.5, 0.6) is 0 Å². The third-order valence-corrected chi connectivity index (χ3v) is 2.10. The first kappa shape index (κ1) is 10.5. The third kappa shape index (κ3) is 3.01. The average Bonchev–Trinajstić information content (AvgIpc) is 2.50. The van der Waals surface area contributed by atoms with Crippen LogP contribution in [0.15, 0.2) is 27.6 Å². The number of halogens is 1. The highest BCUT2D eigenvalue weighted by atomic mass is 79.9. The van der Waals surface area contributed by atoms with Crippen molar-refractivity contribution in [3.8, 4) is 0 Å². The van der Waals surface area contributed by atoms with E-state index in [1.165, 1.54) is 0 Å².